The van der Waals surface area contributed by atoms with Crippen LogP contribution in [0.15, 0.2) is 62.1 Å². The molecule has 0 aliphatic carbocycles. The van der Waals surface area contributed by atoms with Crippen molar-refractivity contribution in [2.45, 2.75) is 0 Å². The molecule has 0 spiro atoms. The normalized spacial score (nSPS) is 9.75. The lowest BCUT2D eigenvalue weighted by Crippen LogP contribution is -1.85. The number of benzene rings is 2. The summed E-state index contributed by atoms with van der Waals surface area (Å²) < 4.78 is 10.6. The number of fused-ring (bicyclic) bond motifs is 1. The van der Waals surface area contributed by atoms with Gasteiger partial charge in [-0.2, -0.15) is 0 Å². The van der Waals surface area contributed by atoms with Gasteiger partial charge in [0.15, 0.2) is 0 Å². The van der Waals surface area contributed by atoms with Gasteiger partial charge in [-0.05, 0) is 23.6 Å². The summed E-state index contributed by atoms with van der Waals surface area (Å²) in [5.74, 6) is 1.50. The lowest BCUT2D eigenvalue weighted by Gasteiger charge is -2.07. The molecule has 2 rings (SSSR count). The maximum Gasteiger partial charge on any atom is 0.134 e. The molecule has 0 saturated carbocycles. The van der Waals surface area contributed by atoms with E-state index in [1.54, 1.807) is 0 Å². The Bertz CT molecular complexity index is 529. The minimum absolute atomic E-state index is 0.739. The lowest BCUT2D eigenvalue weighted by molar-refractivity contribution is 0.480. The molecule has 0 unspecified atom stereocenters. The Balaban J connectivity index is 2.58. The van der Waals surface area contributed by atoms with E-state index in [-0.39, 0.29) is 0 Å². The first-order valence-corrected chi connectivity index (χ1v) is 4.93. The van der Waals surface area contributed by atoms with Crippen LogP contribution >= 0.6 is 0 Å². The summed E-state index contributed by atoms with van der Waals surface area (Å²) in [6, 6.07) is 11.6. The second kappa shape index (κ2) is 4.53. The van der Waals surface area contributed by atoms with Crippen molar-refractivity contribution in [2.75, 3.05) is 0 Å². The number of rotatable bonds is 4. The van der Waals surface area contributed by atoms with Gasteiger partial charge < -0.3 is 9.47 Å². The molecule has 0 aliphatic heterocycles. The van der Waals surface area contributed by atoms with Crippen molar-refractivity contribution < 1.29 is 9.47 Å². The van der Waals surface area contributed by atoms with Crippen molar-refractivity contribution in [2.24, 2.45) is 0 Å². The highest BCUT2D eigenvalue weighted by Gasteiger charge is 2.02. The summed E-state index contributed by atoms with van der Waals surface area (Å²) in [5.41, 5.74) is 0. The third-order valence-electron chi connectivity index (χ3n) is 2.24. The summed E-state index contributed by atoms with van der Waals surface area (Å²) in [6.07, 6.45) is 2.81. The zero-order valence-electron chi connectivity index (χ0n) is 8.85. The summed E-state index contributed by atoms with van der Waals surface area (Å²) in [6.45, 7) is 7.08. The predicted molar refractivity (Wildman–Crippen MR) is 65.6 cm³/mol. The minimum Gasteiger partial charge on any atom is -0.466 e. The first-order valence-electron chi connectivity index (χ1n) is 4.93. The van der Waals surface area contributed by atoms with Crippen molar-refractivity contribution in [1.29, 1.82) is 0 Å². The van der Waals surface area contributed by atoms with Gasteiger partial charge in [-0.3, -0.25) is 0 Å². The fourth-order valence-electron chi connectivity index (χ4n) is 1.59. The highest BCUT2D eigenvalue weighted by molar-refractivity contribution is 5.89. The highest BCUT2D eigenvalue weighted by atomic mass is 16.5. The predicted octanol–water partition coefficient (Wildman–Crippen LogP) is 3.88. The van der Waals surface area contributed by atoms with E-state index < -0.39 is 0 Å². The van der Waals surface area contributed by atoms with Crippen LogP contribution in [0.1, 0.15) is 0 Å². The van der Waals surface area contributed by atoms with Gasteiger partial charge in [0.1, 0.15) is 11.5 Å². The maximum absolute atomic E-state index is 5.33. The van der Waals surface area contributed by atoms with Crippen LogP contribution in [0.4, 0.5) is 0 Å². The molecule has 0 aromatic heterocycles. The van der Waals surface area contributed by atoms with Crippen molar-refractivity contribution in [3.8, 4) is 11.5 Å². The van der Waals surface area contributed by atoms with Gasteiger partial charge in [-0.15, -0.1) is 0 Å². The first-order chi connectivity index (χ1) is 7.85. The summed E-state index contributed by atoms with van der Waals surface area (Å²) in [4.78, 5) is 0. The van der Waals surface area contributed by atoms with Gasteiger partial charge in [0.05, 0.1) is 12.5 Å². The van der Waals surface area contributed by atoms with Crippen LogP contribution < -0.4 is 9.47 Å². The van der Waals surface area contributed by atoms with E-state index in [0.29, 0.717) is 0 Å². The highest BCUT2D eigenvalue weighted by Crippen LogP contribution is 2.29. The van der Waals surface area contributed by atoms with E-state index >= 15 is 0 Å². The van der Waals surface area contributed by atoms with Crippen LogP contribution in [0.3, 0.4) is 0 Å². The topological polar surface area (TPSA) is 18.5 Å². The fraction of sp³-hybridized carbons (Fsp3) is 0. The smallest absolute Gasteiger partial charge is 0.134 e. The average molecular weight is 212 g/mol. The molecule has 0 aliphatic rings. The van der Waals surface area contributed by atoms with Crippen molar-refractivity contribution in [3.63, 3.8) is 0 Å². The van der Waals surface area contributed by atoms with E-state index in [9.17, 15) is 0 Å². The van der Waals surface area contributed by atoms with E-state index in [1.165, 1.54) is 12.5 Å². The van der Waals surface area contributed by atoms with Crippen molar-refractivity contribution in [3.05, 3.63) is 62.1 Å². The molecule has 0 fully saturated rings. The molecule has 80 valence electrons. The number of hydrogen-bond acceptors (Lipinski definition) is 2. The molecule has 0 saturated heterocycles. The maximum atomic E-state index is 5.33. The zero-order valence-corrected chi connectivity index (χ0v) is 8.85. The summed E-state index contributed by atoms with van der Waals surface area (Å²) >= 11 is 0. The van der Waals surface area contributed by atoms with Gasteiger partial charge in [-0.25, -0.2) is 0 Å². The fourth-order valence-corrected chi connectivity index (χ4v) is 1.59. The molecule has 0 heterocycles. The number of hydrogen-bond donors (Lipinski definition) is 0. The molecule has 0 radical (unpaired) electrons. The van der Waals surface area contributed by atoms with Crippen LogP contribution in [-0.2, 0) is 0 Å². The molecule has 2 aromatic rings. The van der Waals surface area contributed by atoms with Gasteiger partial charge in [0, 0.05) is 5.39 Å². The van der Waals surface area contributed by atoms with Crippen molar-refractivity contribution in [1.82, 2.24) is 0 Å². The van der Waals surface area contributed by atoms with Crippen LogP contribution in [0.5, 0.6) is 11.5 Å². The Hall–Kier alpha value is -2.22. The first kappa shape index (κ1) is 10.3. The second-order valence-corrected chi connectivity index (χ2v) is 3.21. The van der Waals surface area contributed by atoms with E-state index in [4.69, 9.17) is 9.47 Å². The SMILES string of the molecule is C=COc1ccc2cccc(OC=C)c2c1. The average Bonchev–Trinajstić information content (AvgIpc) is 2.31. The Morgan fingerprint density at radius 3 is 2.50 bits per heavy atom. The molecule has 2 aromatic carbocycles. The zero-order chi connectivity index (χ0) is 11.4. The minimum atomic E-state index is 0.739. The third-order valence-corrected chi connectivity index (χ3v) is 2.24. The van der Waals surface area contributed by atoms with Gasteiger partial charge >= 0.3 is 0 Å². The molecule has 0 N–H and O–H groups in total. The Kier molecular flexibility index (Phi) is 2.92. The number of ether oxygens (including phenoxy) is 2. The molecular formula is C14H12O2. The quantitative estimate of drug-likeness (QED) is 0.716. The molecule has 0 atom stereocenters. The van der Waals surface area contributed by atoms with Crippen molar-refractivity contribution >= 4 is 10.8 Å². The van der Waals surface area contributed by atoms with E-state index in [2.05, 4.69) is 13.2 Å². The molecule has 2 nitrogen and oxygen atoms in total. The van der Waals surface area contributed by atoms with Crippen LogP contribution in [0.25, 0.3) is 10.8 Å². The Morgan fingerprint density at radius 1 is 0.938 bits per heavy atom. The molecule has 2 heteroatoms. The lowest BCUT2D eigenvalue weighted by atomic mass is 10.1. The second-order valence-electron chi connectivity index (χ2n) is 3.21. The Labute approximate surface area is 94.4 Å². The largest absolute Gasteiger partial charge is 0.466 e. The van der Waals surface area contributed by atoms with Gasteiger partial charge in [0.2, 0.25) is 0 Å². The Morgan fingerprint density at radius 2 is 1.75 bits per heavy atom. The van der Waals surface area contributed by atoms with Crippen LogP contribution in [0, 0.1) is 0 Å². The molecular weight excluding hydrogens is 200 g/mol. The molecule has 16 heavy (non-hydrogen) atoms. The third kappa shape index (κ3) is 1.91. The summed E-state index contributed by atoms with van der Waals surface area (Å²) in [7, 11) is 0. The van der Waals surface area contributed by atoms with Crippen LogP contribution in [0.2, 0.25) is 0 Å². The van der Waals surface area contributed by atoms with Gasteiger partial charge in [0.25, 0.3) is 0 Å². The summed E-state index contributed by atoms with van der Waals surface area (Å²) in [5, 5.41) is 2.08. The van der Waals surface area contributed by atoms with Crippen LogP contribution in [-0.4, -0.2) is 0 Å². The van der Waals surface area contributed by atoms with Gasteiger partial charge in [-0.1, -0.05) is 31.4 Å². The van der Waals surface area contributed by atoms with E-state index in [0.717, 1.165) is 22.3 Å². The molecule has 0 amide bonds. The standard InChI is InChI=1S/C14H12O2/c1-3-15-12-9-8-11-6-5-7-14(16-4-2)13(11)10-12/h3-10H,1-2H2. The monoisotopic (exact) mass is 212 g/mol. The van der Waals surface area contributed by atoms with E-state index in [1.807, 2.05) is 36.4 Å². The molecule has 0 bridgehead atoms.